The van der Waals surface area contributed by atoms with Crippen LogP contribution in [0.5, 0.6) is 5.75 Å². The van der Waals surface area contributed by atoms with Gasteiger partial charge in [0.05, 0.1) is 30.1 Å². The number of anilines is 1. The molecular formula is C9H11BrN2O3. The van der Waals surface area contributed by atoms with Gasteiger partial charge in [-0.05, 0) is 22.9 Å². The molecule has 6 heteroatoms. The standard InChI is InChI=1S/C9H11BrN2O3/c1-4-5(10)6(11)8(14-2)7(12-4)9(13)15-3/h1-3H3,(H2,11,12). The average molecular weight is 275 g/mol. The van der Waals surface area contributed by atoms with Gasteiger partial charge in [-0.25, -0.2) is 9.78 Å². The number of halogens is 1. The molecule has 0 amide bonds. The molecule has 5 nitrogen and oxygen atoms in total. The highest BCUT2D eigenvalue weighted by molar-refractivity contribution is 9.10. The Morgan fingerprint density at radius 2 is 2.07 bits per heavy atom. The second kappa shape index (κ2) is 4.48. The SMILES string of the molecule is COC(=O)c1nc(C)c(Br)c(N)c1OC. The van der Waals surface area contributed by atoms with Gasteiger partial charge < -0.3 is 15.2 Å². The number of nitrogens with zero attached hydrogens (tertiary/aromatic N) is 1. The second-order valence-electron chi connectivity index (χ2n) is 2.80. The van der Waals surface area contributed by atoms with E-state index >= 15 is 0 Å². The molecule has 0 unspecified atom stereocenters. The summed E-state index contributed by atoms with van der Waals surface area (Å²) in [6.45, 7) is 1.73. The van der Waals surface area contributed by atoms with Gasteiger partial charge in [0.15, 0.2) is 11.4 Å². The second-order valence-corrected chi connectivity index (χ2v) is 3.59. The normalized spacial score (nSPS) is 9.87. The highest BCUT2D eigenvalue weighted by Crippen LogP contribution is 2.34. The third-order valence-corrected chi connectivity index (χ3v) is 2.88. The molecule has 2 N–H and O–H groups in total. The predicted molar refractivity (Wildman–Crippen MR) is 59.0 cm³/mol. The molecule has 1 aromatic rings. The zero-order valence-electron chi connectivity index (χ0n) is 8.63. The molecule has 0 bridgehead atoms. The van der Waals surface area contributed by atoms with E-state index < -0.39 is 5.97 Å². The largest absolute Gasteiger partial charge is 0.492 e. The van der Waals surface area contributed by atoms with Crippen molar-refractivity contribution >= 4 is 27.6 Å². The summed E-state index contributed by atoms with van der Waals surface area (Å²) in [6.07, 6.45) is 0. The fourth-order valence-corrected chi connectivity index (χ4v) is 1.40. The number of aryl methyl sites for hydroxylation is 1. The lowest BCUT2D eigenvalue weighted by molar-refractivity contribution is 0.0590. The van der Waals surface area contributed by atoms with Gasteiger partial charge in [0.25, 0.3) is 0 Å². The first-order valence-electron chi connectivity index (χ1n) is 4.10. The summed E-state index contributed by atoms with van der Waals surface area (Å²) < 4.78 is 10.2. The molecular weight excluding hydrogens is 264 g/mol. The zero-order valence-corrected chi connectivity index (χ0v) is 10.2. The first-order valence-corrected chi connectivity index (χ1v) is 4.90. The van der Waals surface area contributed by atoms with Gasteiger partial charge in [0, 0.05) is 0 Å². The fraction of sp³-hybridized carbons (Fsp3) is 0.333. The number of aromatic nitrogens is 1. The van der Waals surface area contributed by atoms with Crippen LogP contribution in [0.1, 0.15) is 16.2 Å². The molecule has 0 aliphatic heterocycles. The van der Waals surface area contributed by atoms with Crippen LogP contribution in [0.4, 0.5) is 5.69 Å². The number of nitrogen functional groups attached to an aromatic ring is 1. The lowest BCUT2D eigenvalue weighted by Gasteiger charge is -2.11. The Labute approximate surface area is 95.7 Å². The molecule has 0 aliphatic carbocycles. The van der Waals surface area contributed by atoms with Gasteiger partial charge in [-0.1, -0.05) is 0 Å². The molecule has 0 aromatic carbocycles. The number of rotatable bonds is 2. The van der Waals surface area contributed by atoms with E-state index in [-0.39, 0.29) is 11.4 Å². The van der Waals surface area contributed by atoms with Gasteiger partial charge in [-0.15, -0.1) is 0 Å². The van der Waals surface area contributed by atoms with Crippen molar-refractivity contribution in [3.8, 4) is 5.75 Å². The molecule has 0 fully saturated rings. The van der Waals surface area contributed by atoms with Crippen LogP contribution in [0.2, 0.25) is 0 Å². The molecule has 82 valence electrons. The summed E-state index contributed by atoms with van der Waals surface area (Å²) in [5.41, 5.74) is 6.79. The zero-order chi connectivity index (χ0) is 11.6. The maximum absolute atomic E-state index is 11.4. The Kier molecular flexibility index (Phi) is 3.52. The minimum Gasteiger partial charge on any atom is -0.492 e. The molecule has 0 saturated heterocycles. The number of ether oxygens (including phenoxy) is 2. The number of carbonyl (C=O) groups excluding carboxylic acids is 1. The van der Waals surface area contributed by atoms with E-state index in [0.717, 1.165) is 0 Å². The monoisotopic (exact) mass is 274 g/mol. The lowest BCUT2D eigenvalue weighted by Crippen LogP contribution is -2.10. The van der Waals surface area contributed by atoms with Crippen molar-refractivity contribution in [2.24, 2.45) is 0 Å². The fourth-order valence-electron chi connectivity index (χ4n) is 1.13. The van der Waals surface area contributed by atoms with Gasteiger partial charge in [-0.3, -0.25) is 0 Å². The number of carbonyl (C=O) groups is 1. The summed E-state index contributed by atoms with van der Waals surface area (Å²) in [6, 6.07) is 0. The smallest absolute Gasteiger partial charge is 0.360 e. The minimum absolute atomic E-state index is 0.0817. The van der Waals surface area contributed by atoms with Crippen LogP contribution >= 0.6 is 15.9 Å². The van der Waals surface area contributed by atoms with Gasteiger partial charge in [0.1, 0.15) is 0 Å². The third kappa shape index (κ3) is 2.04. The van der Waals surface area contributed by atoms with Crippen LogP contribution in [-0.2, 0) is 4.74 Å². The lowest BCUT2D eigenvalue weighted by atomic mass is 10.2. The molecule has 0 aliphatic rings. The van der Waals surface area contributed by atoms with Crippen LogP contribution in [0.15, 0.2) is 4.47 Å². The van der Waals surface area contributed by atoms with E-state index in [2.05, 4.69) is 25.7 Å². The highest BCUT2D eigenvalue weighted by atomic mass is 79.9. The first-order chi connectivity index (χ1) is 7.02. The van der Waals surface area contributed by atoms with Crippen LogP contribution < -0.4 is 10.5 Å². The summed E-state index contributed by atoms with van der Waals surface area (Å²) in [7, 11) is 2.69. The first kappa shape index (κ1) is 11.8. The Bertz CT molecular complexity index is 407. The summed E-state index contributed by atoms with van der Waals surface area (Å²) in [5.74, 6) is -0.353. The number of hydrogen-bond donors (Lipinski definition) is 1. The molecule has 0 spiro atoms. The molecule has 15 heavy (non-hydrogen) atoms. The van der Waals surface area contributed by atoms with Crippen molar-refractivity contribution in [3.63, 3.8) is 0 Å². The van der Waals surface area contributed by atoms with Gasteiger partial charge in [0.2, 0.25) is 0 Å². The summed E-state index contributed by atoms with van der Waals surface area (Å²) in [4.78, 5) is 15.4. The summed E-state index contributed by atoms with van der Waals surface area (Å²) in [5, 5.41) is 0. The predicted octanol–water partition coefficient (Wildman–Crippen LogP) is 1.53. The third-order valence-electron chi connectivity index (χ3n) is 1.88. The van der Waals surface area contributed by atoms with Crippen LogP contribution in [0.3, 0.4) is 0 Å². The number of esters is 1. The van der Waals surface area contributed by atoms with Crippen LogP contribution in [0, 0.1) is 6.92 Å². The molecule has 1 rings (SSSR count). The number of pyridine rings is 1. The Morgan fingerprint density at radius 3 is 2.53 bits per heavy atom. The van der Waals surface area contributed by atoms with Crippen molar-refractivity contribution < 1.29 is 14.3 Å². The van der Waals surface area contributed by atoms with Crippen molar-refractivity contribution in [2.45, 2.75) is 6.92 Å². The average Bonchev–Trinajstić information content (AvgIpc) is 2.24. The van der Waals surface area contributed by atoms with Crippen LogP contribution in [-0.4, -0.2) is 25.2 Å². The molecule has 0 atom stereocenters. The van der Waals surface area contributed by atoms with E-state index in [1.165, 1.54) is 14.2 Å². The van der Waals surface area contributed by atoms with E-state index in [1.807, 2.05) is 0 Å². The quantitative estimate of drug-likeness (QED) is 0.828. The summed E-state index contributed by atoms with van der Waals surface area (Å²) >= 11 is 3.26. The maximum atomic E-state index is 11.4. The van der Waals surface area contributed by atoms with Crippen LogP contribution in [0.25, 0.3) is 0 Å². The molecule has 0 saturated carbocycles. The van der Waals surface area contributed by atoms with Gasteiger partial charge in [-0.2, -0.15) is 0 Å². The topological polar surface area (TPSA) is 74.4 Å². The Hall–Kier alpha value is -1.30. The minimum atomic E-state index is -0.575. The maximum Gasteiger partial charge on any atom is 0.360 e. The molecule has 1 aromatic heterocycles. The molecule has 1 heterocycles. The van der Waals surface area contributed by atoms with Crippen molar-refractivity contribution in [1.82, 2.24) is 4.98 Å². The Morgan fingerprint density at radius 1 is 1.47 bits per heavy atom. The van der Waals surface area contributed by atoms with E-state index in [9.17, 15) is 4.79 Å². The van der Waals surface area contributed by atoms with Gasteiger partial charge >= 0.3 is 5.97 Å². The Balaban J connectivity index is 3.45. The van der Waals surface area contributed by atoms with Crippen molar-refractivity contribution in [1.29, 1.82) is 0 Å². The number of nitrogens with two attached hydrogens (primary N) is 1. The van der Waals surface area contributed by atoms with Crippen molar-refractivity contribution in [2.75, 3.05) is 20.0 Å². The number of methoxy groups -OCH3 is 2. The van der Waals surface area contributed by atoms with Crippen molar-refractivity contribution in [3.05, 3.63) is 15.9 Å². The highest BCUT2D eigenvalue weighted by Gasteiger charge is 2.20. The molecule has 0 radical (unpaired) electrons. The van der Waals surface area contributed by atoms with E-state index in [1.54, 1.807) is 6.92 Å². The van der Waals surface area contributed by atoms with E-state index in [0.29, 0.717) is 15.9 Å². The number of hydrogen-bond acceptors (Lipinski definition) is 5. The van der Waals surface area contributed by atoms with E-state index in [4.69, 9.17) is 10.5 Å².